The van der Waals surface area contributed by atoms with Gasteiger partial charge in [0, 0.05) is 30.8 Å². The van der Waals surface area contributed by atoms with Crippen LogP contribution in [0.1, 0.15) is 11.1 Å². The van der Waals surface area contributed by atoms with Crippen molar-refractivity contribution in [3.8, 4) is 22.6 Å². The molecule has 34 heavy (non-hydrogen) atoms. The number of likely N-dealkylation sites (N-methyl/N-ethyl adjacent to an activating group) is 2. The van der Waals surface area contributed by atoms with Crippen LogP contribution in [0.4, 0.5) is 4.79 Å². The van der Waals surface area contributed by atoms with Gasteiger partial charge in [-0.05, 0) is 12.1 Å². The molecule has 0 spiro atoms. The number of imide groups is 2. The minimum Gasteiger partial charge on any atom is -0.422 e. The van der Waals surface area contributed by atoms with Gasteiger partial charge in [-0.15, -0.1) is 0 Å². The molecule has 168 valence electrons. The van der Waals surface area contributed by atoms with Crippen molar-refractivity contribution in [1.82, 2.24) is 9.80 Å². The highest BCUT2D eigenvalue weighted by atomic mass is 16.4. The lowest BCUT2D eigenvalue weighted by molar-refractivity contribution is -0.134. The molecule has 1 saturated heterocycles. The van der Waals surface area contributed by atoms with E-state index in [0.717, 1.165) is 9.80 Å². The van der Waals surface area contributed by atoms with E-state index in [1.54, 1.807) is 60.7 Å². The standard InChI is InChI=1S/C25H16N2O7/c1-26-21(28)20(22(29)27(2)25(26)32)19(17-13-9-5-3-7-11-15(13)33-23(17)30)18-14-10-6-4-8-12-16(14)34-24(18)31/h3-12H,1-2H3. The van der Waals surface area contributed by atoms with Crippen molar-refractivity contribution < 1.29 is 23.2 Å². The fraction of sp³-hybridized carbons (Fsp3) is 0.0800. The Morgan fingerprint density at radius 3 is 1.47 bits per heavy atom. The summed E-state index contributed by atoms with van der Waals surface area (Å²) in [5.41, 5.74) is -2.17. The average Bonchev–Trinajstić information content (AvgIpc) is 3.05. The molecule has 5 aliphatic rings. The van der Waals surface area contributed by atoms with E-state index in [2.05, 4.69) is 0 Å². The van der Waals surface area contributed by atoms with E-state index < -0.39 is 34.7 Å². The zero-order valence-electron chi connectivity index (χ0n) is 18.0. The molecule has 4 amide bonds. The Bertz CT molecular complexity index is 1480. The molecule has 0 atom stereocenters. The number of carbonyl (C=O) groups is 3. The van der Waals surface area contributed by atoms with Crippen LogP contribution in [0.5, 0.6) is 0 Å². The number of fused-ring (bicyclic) bond motifs is 2. The number of furan rings is 2. The Labute approximate surface area is 191 Å². The first kappa shape index (κ1) is 21.1. The molecule has 9 heteroatoms. The summed E-state index contributed by atoms with van der Waals surface area (Å²) in [6.07, 6.45) is 0. The number of hydrogen-bond acceptors (Lipinski definition) is 7. The molecule has 0 bridgehead atoms. The number of amides is 4. The monoisotopic (exact) mass is 456 g/mol. The molecular weight excluding hydrogens is 440 g/mol. The summed E-state index contributed by atoms with van der Waals surface area (Å²) in [5.74, 6) is -1.51. The minimum atomic E-state index is -0.953. The molecule has 0 aromatic rings. The van der Waals surface area contributed by atoms with Gasteiger partial charge in [0.2, 0.25) is 0 Å². The van der Waals surface area contributed by atoms with Crippen LogP contribution in [-0.2, 0) is 9.59 Å². The SMILES string of the molecule is CN1C(=O)C(=C(c2c3cccccc-3oc2=O)c2c3cccccc-3oc2=O)C(=O)N(C)C1=O. The van der Waals surface area contributed by atoms with Gasteiger partial charge in [-0.3, -0.25) is 19.4 Å². The summed E-state index contributed by atoms with van der Waals surface area (Å²) in [7, 11) is 2.42. The Morgan fingerprint density at radius 1 is 0.618 bits per heavy atom. The van der Waals surface area contributed by atoms with E-state index in [4.69, 9.17) is 8.83 Å². The topological polar surface area (TPSA) is 118 Å². The van der Waals surface area contributed by atoms with Crippen LogP contribution in [0.15, 0.2) is 84.7 Å². The molecule has 2 aliphatic carbocycles. The van der Waals surface area contributed by atoms with E-state index in [1.807, 2.05) is 0 Å². The van der Waals surface area contributed by atoms with Crippen LogP contribution in [0, 0.1) is 0 Å². The molecule has 0 unspecified atom stereocenters. The summed E-state index contributed by atoms with van der Waals surface area (Å²) in [6.45, 7) is 0. The van der Waals surface area contributed by atoms with Crippen molar-refractivity contribution in [2.45, 2.75) is 0 Å². The molecule has 0 aromatic carbocycles. The van der Waals surface area contributed by atoms with Crippen LogP contribution in [0.2, 0.25) is 0 Å². The van der Waals surface area contributed by atoms with Gasteiger partial charge in [0.05, 0.1) is 11.1 Å². The zero-order valence-corrected chi connectivity index (χ0v) is 18.0. The Balaban J connectivity index is 1.98. The molecule has 0 N–H and O–H groups in total. The molecule has 3 aliphatic heterocycles. The fourth-order valence-corrected chi connectivity index (χ4v) is 4.06. The van der Waals surface area contributed by atoms with E-state index in [1.165, 1.54) is 14.1 Å². The molecule has 0 radical (unpaired) electrons. The lowest BCUT2D eigenvalue weighted by Gasteiger charge is -2.30. The highest BCUT2D eigenvalue weighted by molar-refractivity contribution is 6.33. The number of nitrogens with zero attached hydrogens (tertiary/aromatic N) is 2. The summed E-state index contributed by atoms with van der Waals surface area (Å²) >= 11 is 0. The quantitative estimate of drug-likeness (QED) is 0.336. The number of rotatable bonds is 2. The fourth-order valence-electron chi connectivity index (χ4n) is 4.06. The maximum atomic E-state index is 13.3. The van der Waals surface area contributed by atoms with Crippen LogP contribution in [-0.4, -0.2) is 41.7 Å². The Morgan fingerprint density at radius 2 is 1.03 bits per heavy atom. The highest BCUT2D eigenvalue weighted by Crippen LogP contribution is 2.39. The number of hydrogen-bond donors (Lipinski definition) is 0. The molecule has 0 aromatic heterocycles. The van der Waals surface area contributed by atoms with Crippen molar-refractivity contribution in [2.24, 2.45) is 0 Å². The lowest BCUT2D eigenvalue weighted by Crippen LogP contribution is -2.53. The van der Waals surface area contributed by atoms with Crippen LogP contribution >= 0.6 is 0 Å². The van der Waals surface area contributed by atoms with Crippen molar-refractivity contribution >= 4 is 23.4 Å². The lowest BCUT2D eigenvalue weighted by atomic mass is 9.88. The van der Waals surface area contributed by atoms with Crippen molar-refractivity contribution in [3.05, 3.63) is 98.2 Å². The Kier molecular flexibility index (Phi) is 4.75. The van der Waals surface area contributed by atoms with Crippen molar-refractivity contribution in [1.29, 1.82) is 0 Å². The Hall–Kier alpha value is -4.79. The zero-order chi connectivity index (χ0) is 24.1. The van der Waals surface area contributed by atoms with Gasteiger partial charge in [-0.1, -0.05) is 48.5 Å². The van der Waals surface area contributed by atoms with E-state index in [-0.39, 0.29) is 39.3 Å². The summed E-state index contributed by atoms with van der Waals surface area (Å²) in [6, 6.07) is 15.5. The maximum absolute atomic E-state index is 13.3. The van der Waals surface area contributed by atoms with E-state index >= 15 is 0 Å². The summed E-state index contributed by atoms with van der Waals surface area (Å²) < 4.78 is 10.8. The van der Waals surface area contributed by atoms with Crippen LogP contribution in [0.25, 0.3) is 28.2 Å². The second kappa shape index (κ2) is 7.66. The van der Waals surface area contributed by atoms with Gasteiger partial charge in [0.1, 0.15) is 17.1 Å². The second-order valence-electron chi connectivity index (χ2n) is 7.67. The third-order valence-corrected chi connectivity index (χ3v) is 5.71. The molecule has 3 heterocycles. The average molecular weight is 456 g/mol. The third-order valence-electron chi connectivity index (χ3n) is 5.71. The van der Waals surface area contributed by atoms with Crippen molar-refractivity contribution in [2.75, 3.05) is 14.1 Å². The second-order valence-corrected chi connectivity index (χ2v) is 7.67. The van der Waals surface area contributed by atoms with Gasteiger partial charge >= 0.3 is 17.3 Å². The normalized spacial score (nSPS) is 14.4. The number of urea groups is 1. The van der Waals surface area contributed by atoms with E-state index in [0.29, 0.717) is 0 Å². The summed E-state index contributed by atoms with van der Waals surface area (Å²) in [5, 5.41) is 0. The first-order valence-electron chi connectivity index (χ1n) is 10.2. The molecular formula is C25H16N2O7. The maximum Gasteiger partial charge on any atom is 0.344 e. The molecule has 9 nitrogen and oxygen atoms in total. The third kappa shape index (κ3) is 2.98. The highest BCUT2D eigenvalue weighted by Gasteiger charge is 2.43. The van der Waals surface area contributed by atoms with Crippen LogP contribution < -0.4 is 11.3 Å². The minimum absolute atomic E-state index is 0.148. The van der Waals surface area contributed by atoms with Gasteiger partial charge in [0.25, 0.3) is 11.8 Å². The molecule has 0 saturated carbocycles. The molecule has 5 rings (SSSR count). The predicted molar refractivity (Wildman–Crippen MR) is 120 cm³/mol. The smallest absolute Gasteiger partial charge is 0.344 e. The summed E-state index contributed by atoms with van der Waals surface area (Å²) in [4.78, 5) is 66.6. The largest absolute Gasteiger partial charge is 0.422 e. The van der Waals surface area contributed by atoms with Gasteiger partial charge in [0.15, 0.2) is 0 Å². The number of carbonyl (C=O) groups excluding carboxylic acids is 3. The molecule has 1 fully saturated rings. The first-order chi connectivity index (χ1) is 16.3. The number of barbiturate groups is 1. The van der Waals surface area contributed by atoms with Gasteiger partial charge < -0.3 is 8.83 Å². The van der Waals surface area contributed by atoms with Crippen LogP contribution in [0.3, 0.4) is 0 Å². The predicted octanol–water partition coefficient (Wildman–Crippen LogP) is 2.65. The van der Waals surface area contributed by atoms with Gasteiger partial charge in [-0.2, -0.15) is 0 Å². The van der Waals surface area contributed by atoms with Crippen molar-refractivity contribution in [3.63, 3.8) is 0 Å². The van der Waals surface area contributed by atoms with Gasteiger partial charge in [-0.25, -0.2) is 14.4 Å². The van der Waals surface area contributed by atoms with E-state index in [9.17, 15) is 24.0 Å². The first-order valence-corrected chi connectivity index (χ1v) is 10.2.